The molecular weight excluding hydrogens is 1050 g/mol. The Morgan fingerprint density at radius 3 is 1.49 bits per heavy atom. The van der Waals surface area contributed by atoms with Crippen LogP contribution in [0, 0.1) is 0 Å². The number of nitrogens with zero attached hydrogens (tertiary/aromatic N) is 2. The summed E-state index contributed by atoms with van der Waals surface area (Å²) in [6.07, 6.45) is -4.90. The Morgan fingerprint density at radius 2 is 1.03 bits per heavy atom. The molecule has 2 aliphatic heterocycles. The molecule has 0 unspecified atom stereocenters. The average Bonchev–Trinajstić information content (AvgIpc) is 4.05. The number of aliphatic carboxylic acids is 2. The molecule has 5 amide bonds. The molecule has 0 saturated carbocycles. The average molecular weight is 1120 g/mol. The van der Waals surface area contributed by atoms with Gasteiger partial charge < -0.3 is 46.6 Å². The Kier molecular flexibility index (Phi) is 24.4. The van der Waals surface area contributed by atoms with Crippen LogP contribution in [0.15, 0.2) is 48.5 Å². The number of ketones is 1. The van der Waals surface area contributed by atoms with Gasteiger partial charge in [0.1, 0.15) is 30.5 Å². The van der Waals surface area contributed by atoms with Gasteiger partial charge in [0.15, 0.2) is 5.78 Å². The standard InChI is InChI=1S/C49H69F2N7O6.2C2HF3O2/c1-30(52-3)45(60)55-40(48(63)57-28-35(50)26-42(57)44(59)25-34-19-13-17-32-15-9-11-20-37(32)34)22-7-5-6-8-23-41(56-46(61)31(2)53-4)49(64)58-29-36(51)27-43(58)47(62)54-39-24-14-18-33-16-10-12-21-38(33)39;2*3-2(4,5)1(6)7/h9-12,15-16,20-21,30-31,34-36,39-43,52-53H,5-8,13-14,17-19,22-29H2,1-4H3,(H,54,62)(H,55,60)(H,56,61);2*(H,6,7)/t30-,31-,34-,35+,36-,39+,40-,41-,42-,43-;;/m0../s1. The summed E-state index contributed by atoms with van der Waals surface area (Å²) >= 11 is 0. The molecule has 25 heteroatoms. The van der Waals surface area contributed by atoms with Crippen molar-refractivity contribution in [1.82, 2.24) is 36.4 Å². The topological polar surface area (TPSA) is 244 Å². The molecular formula is C53H71F8N7O10. The number of halogens is 8. The van der Waals surface area contributed by atoms with Crippen molar-refractivity contribution in [3.05, 3.63) is 70.8 Å². The fourth-order valence-corrected chi connectivity index (χ4v) is 10.0. The van der Waals surface area contributed by atoms with Crippen LogP contribution < -0.4 is 26.6 Å². The van der Waals surface area contributed by atoms with Crippen molar-refractivity contribution in [3.63, 3.8) is 0 Å². The molecule has 7 N–H and O–H groups in total. The Morgan fingerprint density at radius 1 is 0.615 bits per heavy atom. The zero-order chi connectivity index (χ0) is 58.1. The zero-order valence-corrected chi connectivity index (χ0v) is 44.0. The monoisotopic (exact) mass is 1120 g/mol. The van der Waals surface area contributed by atoms with Crippen molar-refractivity contribution < 1.29 is 83.7 Å². The molecule has 0 radical (unpaired) electrons. The fourth-order valence-electron chi connectivity index (χ4n) is 10.0. The molecule has 10 atom stereocenters. The normalized spacial score (nSPS) is 22.3. The van der Waals surface area contributed by atoms with Crippen LogP contribution >= 0.6 is 0 Å². The minimum Gasteiger partial charge on any atom is -0.475 e. The van der Waals surface area contributed by atoms with Crippen LogP contribution in [0.2, 0.25) is 0 Å². The minimum atomic E-state index is -5.08. The third kappa shape index (κ3) is 18.7. The maximum absolute atomic E-state index is 15.1. The highest BCUT2D eigenvalue weighted by molar-refractivity contribution is 5.95. The number of carbonyl (C=O) groups is 8. The second-order valence-electron chi connectivity index (χ2n) is 20.0. The van der Waals surface area contributed by atoms with Crippen molar-refractivity contribution in [2.75, 3.05) is 27.2 Å². The summed E-state index contributed by atoms with van der Waals surface area (Å²) in [5, 5.41) is 28.8. The van der Waals surface area contributed by atoms with Gasteiger partial charge in [0.25, 0.3) is 0 Å². The summed E-state index contributed by atoms with van der Waals surface area (Å²) in [4.78, 5) is 103. The maximum atomic E-state index is 15.1. The summed E-state index contributed by atoms with van der Waals surface area (Å²) in [5.41, 5.74) is 4.57. The van der Waals surface area contributed by atoms with Gasteiger partial charge in [-0.1, -0.05) is 74.2 Å². The van der Waals surface area contributed by atoms with Gasteiger partial charge in [0, 0.05) is 19.3 Å². The van der Waals surface area contributed by atoms with E-state index >= 15 is 8.78 Å². The van der Waals surface area contributed by atoms with Gasteiger partial charge >= 0.3 is 24.3 Å². The molecule has 17 nitrogen and oxygen atoms in total. The third-order valence-electron chi connectivity index (χ3n) is 14.5. The number of alkyl halides is 8. The van der Waals surface area contributed by atoms with Gasteiger partial charge in [-0.3, -0.25) is 28.8 Å². The van der Waals surface area contributed by atoms with Crippen molar-refractivity contribution in [2.24, 2.45) is 0 Å². The van der Waals surface area contributed by atoms with Gasteiger partial charge in [-0.2, -0.15) is 26.3 Å². The summed E-state index contributed by atoms with van der Waals surface area (Å²) in [6.45, 7) is 2.88. The second kappa shape index (κ2) is 29.7. The van der Waals surface area contributed by atoms with Crippen LogP contribution in [-0.2, 0) is 51.2 Å². The van der Waals surface area contributed by atoms with E-state index in [0.29, 0.717) is 25.7 Å². The van der Waals surface area contributed by atoms with Gasteiger partial charge in [-0.05, 0) is 107 Å². The smallest absolute Gasteiger partial charge is 0.475 e. The van der Waals surface area contributed by atoms with E-state index in [1.807, 2.05) is 36.4 Å². The summed E-state index contributed by atoms with van der Waals surface area (Å²) in [5.74, 6) is -7.86. The van der Waals surface area contributed by atoms with Gasteiger partial charge in [0.05, 0.1) is 37.3 Å². The number of Topliss-reactive ketones (excluding diaryl/α,β-unsaturated/α-hetero) is 1. The Hall–Kier alpha value is -6.24. The molecule has 78 heavy (non-hydrogen) atoms. The molecule has 0 aromatic heterocycles. The first-order valence-corrected chi connectivity index (χ1v) is 26.1. The maximum Gasteiger partial charge on any atom is 0.490 e. The third-order valence-corrected chi connectivity index (χ3v) is 14.5. The zero-order valence-electron chi connectivity index (χ0n) is 44.0. The Bertz CT molecular complexity index is 2230. The highest BCUT2D eigenvalue weighted by Crippen LogP contribution is 2.36. The highest BCUT2D eigenvalue weighted by atomic mass is 19.4. The first-order chi connectivity index (χ1) is 36.7. The summed E-state index contributed by atoms with van der Waals surface area (Å²) in [7, 11) is 3.27. The number of nitrogens with one attached hydrogen (secondary N) is 5. The number of amides is 5. The van der Waals surface area contributed by atoms with Crippen LogP contribution in [0.1, 0.15) is 132 Å². The lowest BCUT2D eigenvalue weighted by molar-refractivity contribution is -0.193. The molecule has 2 aromatic rings. The van der Waals surface area contributed by atoms with Crippen LogP contribution in [-0.4, -0.2) is 155 Å². The molecule has 0 bridgehead atoms. The number of fused-ring (bicyclic) bond motifs is 2. The highest BCUT2D eigenvalue weighted by Gasteiger charge is 2.45. The number of benzene rings is 2. The number of carboxylic acids is 2. The van der Waals surface area contributed by atoms with E-state index in [9.17, 15) is 55.1 Å². The SMILES string of the molecule is CN[C@@H](C)C(=O)N[C@@H](CCCCCC[C@H](NC(=O)[C@H](C)NC)C(=O)N1C[C@@H](F)C[C@H]1C(=O)N[C@@H]1CCCc2ccccc21)C(=O)N1C[C@H](F)C[C@H]1C(=O)C[C@@H]1CCCc2ccccc21.O=C(O)C(F)(F)F.O=C(O)C(F)(F)F. The number of carbonyl (C=O) groups excluding carboxylic acids is 6. The summed E-state index contributed by atoms with van der Waals surface area (Å²) in [6, 6.07) is 10.7. The lowest BCUT2D eigenvalue weighted by atomic mass is 9.79. The van der Waals surface area contributed by atoms with E-state index in [-0.39, 0.29) is 68.8 Å². The largest absolute Gasteiger partial charge is 0.490 e. The molecule has 2 heterocycles. The van der Waals surface area contributed by atoms with E-state index in [0.717, 1.165) is 55.2 Å². The molecule has 4 aliphatic rings. The van der Waals surface area contributed by atoms with Crippen molar-refractivity contribution in [3.8, 4) is 0 Å². The van der Waals surface area contributed by atoms with Crippen molar-refractivity contribution >= 4 is 47.3 Å². The van der Waals surface area contributed by atoms with Gasteiger partial charge in [-0.25, -0.2) is 18.4 Å². The Balaban J connectivity index is 0.000000826. The molecule has 6 rings (SSSR count). The van der Waals surface area contributed by atoms with Gasteiger partial charge in [-0.15, -0.1) is 0 Å². The van der Waals surface area contributed by atoms with E-state index in [1.165, 1.54) is 15.4 Å². The number of unbranched alkanes of at least 4 members (excludes halogenated alkanes) is 3. The molecule has 2 aromatic carbocycles. The Labute approximate surface area is 447 Å². The molecule has 2 aliphatic carbocycles. The van der Waals surface area contributed by atoms with Crippen LogP contribution in [0.3, 0.4) is 0 Å². The summed E-state index contributed by atoms with van der Waals surface area (Å²) < 4.78 is 93.7. The lowest BCUT2D eigenvalue weighted by Crippen LogP contribution is -2.55. The van der Waals surface area contributed by atoms with E-state index in [4.69, 9.17) is 19.8 Å². The van der Waals surface area contributed by atoms with Crippen LogP contribution in [0.4, 0.5) is 35.1 Å². The van der Waals surface area contributed by atoms with E-state index in [2.05, 4.69) is 38.7 Å². The van der Waals surface area contributed by atoms with E-state index in [1.54, 1.807) is 27.9 Å². The predicted molar refractivity (Wildman–Crippen MR) is 268 cm³/mol. The lowest BCUT2D eigenvalue weighted by Gasteiger charge is -2.31. The molecule has 434 valence electrons. The first-order valence-electron chi connectivity index (χ1n) is 26.1. The quantitative estimate of drug-likeness (QED) is 0.0603. The molecule has 2 saturated heterocycles. The molecule has 2 fully saturated rings. The fraction of sp³-hybridized carbons (Fsp3) is 0.623. The number of hydrogen-bond donors (Lipinski definition) is 7. The second-order valence-corrected chi connectivity index (χ2v) is 20.0. The minimum absolute atomic E-state index is 0.0110. The van der Waals surface area contributed by atoms with Crippen LogP contribution in [0.25, 0.3) is 0 Å². The molecule has 0 spiro atoms. The number of hydrogen-bond acceptors (Lipinski definition) is 10. The van der Waals surface area contributed by atoms with Crippen molar-refractivity contribution in [2.45, 2.75) is 183 Å². The first kappa shape index (κ1) is 64.3. The number of likely N-dealkylation sites (N-methyl/N-ethyl adjacent to an activating group) is 2. The van der Waals surface area contributed by atoms with Gasteiger partial charge in [0.2, 0.25) is 29.5 Å². The van der Waals surface area contributed by atoms with E-state index < -0.39 is 96.5 Å². The number of likely N-dealkylation sites (tertiary alicyclic amines) is 2. The van der Waals surface area contributed by atoms with Crippen LogP contribution in [0.5, 0.6) is 0 Å². The number of carboxylic acid groups (broad SMARTS) is 2. The number of aryl methyl sites for hydroxylation is 2. The van der Waals surface area contributed by atoms with Crippen molar-refractivity contribution in [1.29, 1.82) is 0 Å². The number of rotatable bonds is 20. The predicted octanol–water partition coefficient (Wildman–Crippen LogP) is 5.93.